The molecule has 0 fully saturated rings. The first-order valence-corrected chi connectivity index (χ1v) is 23.7. The summed E-state index contributed by atoms with van der Waals surface area (Å²) in [6.07, 6.45) is 0. The molecule has 0 radical (unpaired) electrons. The molecule has 11 aromatic rings. The predicted octanol–water partition coefficient (Wildman–Crippen LogP) is 18.9. The standard InChI is InChI=1S/C66H47N3O/c1-7-21-48(22-8-1)50-35-38-56(39-36-50)69-63-34-20-19-33-59(63)61-46-57(67(52-25-11-3-12-26-52)53-27-13-4-14-28-53)40-43-65(61)70-66-44-41-58(68(54-29-15-5-16-30-54)55-31-17-6-18-32-55)47-62(66)60-45-51(37-42-64(60)69)49-23-9-2-10-24-49/h1-47H. The molecule has 0 aliphatic carbocycles. The van der Waals surface area contributed by atoms with Gasteiger partial charge in [-0.05, 0) is 138 Å². The van der Waals surface area contributed by atoms with Crippen LogP contribution in [-0.2, 0) is 0 Å². The smallest absolute Gasteiger partial charge is 0.135 e. The third-order valence-corrected chi connectivity index (χ3v) is 13.0. The van der Waals surface area contributed by atoms with Crippen LogP contribution in [0.4, 0.5) is 51.2 Å². The van der Waals surface area contributed by atoms with Gasteiger partial charge in [-0.1, -0.05) is 170 Å². The van der Waals surface area contributed by atoms with E-state index in [0.29, 0.717) is 0 Å². The van der Waals surface area contributed by atoms with Gasteiger partial charge in [-0.25, -0.2) is 0 Å². The maximum atomic E-state index is 7.42. The number of hydrogen-bond donors (Lipinski definition) is 0. The topological polar surface area (TPSA) is 19.0 Å². The van der Waals surface area contributed by atoms with E-state index in [1.165, 1.54) is 5.56 Å². The van der Waals surface area contributed by atoms with Crippen LogP contribution < -0.4 is 19.4 Å². The Labute approximate surface area is 409 Å². The minimum atomic E-state index is 0.743. The number of ether oxygens (including phenoxy) is 1. The Kier molecular flexibility index (Phi) is 11.2. The molecular formula is C66H47N3O. The predicted molar refractivity (Wildman–Crippen MR) is 292 cm³/mol. The van der Waals surface area contributed by atoms with Crippen molar-refractivity contribution < 1.29 is 4.74 Å². The molecule has 0 saturated carbocycles. The third kappa shape index (κ3) is 8.14. The van der Waals surface area contributed by atoms with Crippen LogP contribution in [-0.4, -0.2) is 0 Å². The molecule has 0 N–H and O–H groups in total. The highest BCUT2D eigenvalue weighted by Gasteiger charge is 2.28. The maximum Gasteiger partial charge on any atom is 0.135 e. The largest absolute Gasteiger partial charge is 0.456 e. The van der Waals surface area contributed by atoms with Gasteiger partial charge < -0.3 is 19.4 Å². The van der Waals surface area contributed by atoms with Gasteiger partial charge in [0.25, 0.3) is 0 Å². The summed E-state index contributed by atoms with van der Waals surface area (Å²) in [6, 6.07) is 101. The average molecular weight is 898 g/mol. The van der Waals surface area contributed by atoms with Crippen LogP contribution in [0.1, 0.15) is 0 Å². The van der Waals surface area contributed by atoms with Crippen molar-refractivity contribution in [3.8, 4) is 56.0 Å². The van der Waals surface area contributed by atoms with Crippen molar-refractivity contribution in [3.63, 3.8) is 0 Å². The first kappa shape index (κ1) is 42.0. The van der Waals surface area contributed by atoms with Crippen LogP contribution >= 0.6 is 0 Å². The molecular weight excluding hydrogens is 851 g/mol. The molecule has 70 heavy (non-hydrogen) atoms. The molecule has 0 aromatic heterocycles. The minimum Gasteiger partial charge on any atom is -0.456 e. The highest BCUT2D eigenvalue weighted by atomic mass is 16.5. The van der Waals surface area contributed by atoms with E-state index >= 15 is 0 Å². The van der Waals surface area contributed by atoms with Crippen LogP contribution in [0.5, 0.6) is 11.5 Å². The first-order valence-electron chi connectivity index (χ1n) is 23.7. The second-order valence-corrected chi connectivity index (χ2v) is 17.3. The fraction of sp³-hybridized carbons (Fsp3) is 0. The van der Waals surface area contributed by atoms with Crippen molar-refractivity contribution in [2.75, 3.05) is 14.7 Å². The number of anilines is 9. The van der Waals surface area contributed by atoms with Gasteiger partial charge in [-0.15, -0.1) is 0 Å². The summed E-state index contributed by atoms with van der Waals surface area (Å²) in [5.74, 6) is 1.49. The Morgan fingerprint density at radius 3 is 1.10 bits per heavy atom. The zero-order valence-electron chi connectivity index (χ0n) is 38.4. The van der Waals surface area contributed by atoms with Crippen molar-refractivity contribution in [2.24, 2.45) is 0 Å². The highest BCUT2D eigenvalue weighted by Crippen LogP contribution is 2.53. The molecule has 0 amide bonds. The maximum absolute atomic E-state index is 7.42. The van der Waals surface area contributed by atoms with Gasteiger partial charge in [0.1, 0.15) is 11.5 Å². The molecule has 1 aliphatic rings. The average Bonchev–Trinajstić information content (AvgIpc) is 3.44. The number of rotatable bonds is 9. The Balaban J connectivity index is 1.14. The van der Waals surface area contributed by atoms with E-state index in [1.54, 1.807) is 0 Å². The molecule has 12 rings (SSSR count). The lowest BCUT2D eigenvalue weighted by atomic mass is 9.93. The fourth-order valence-electron chi connectivity index (χ4n) is 9.73. The van der Waals surface area contributed by atoms with E-state index in [4.69, 9.17) is 4.74 Å². The quantitative estimate of drug-likeness (QED) is 0.144. The van der Waals surface area contributed by atoms with Crippen molar-refractivity contribution in [1.29, 1.82) is 0 Å². The lowest BCUT2D eigenvalue weighted by Gasteiger charge is -2.33. The van der Waals surface area contributed by atoms with Crippen LogP contribution in [0.3, 0.4) is 0 Å². The summed E-state index contributed by atoms with van der Waals surface area (Å²) in [5, 5.41) is 0. The molecule has 1 heterocycles. The number of para-hydroxylation sites is 5. The van der Waals surface area contributed by atoms with E-state index < -0.39 is 0 Å². The van der Waals surface area contributed by atoms with E-state index in [9.17, 15) is 0 Å². The fourth-order valence-corrected chi connectivity index (χ4v) is 9.73. The van der Waals surface area contributed by atoms with Gasteiger partial charge in [0, 0.05) is 62.1 Å². The Morgan fingerprint density at radius 2 is 0.614 bits per heavy atom. The first-order chi connectivity index (χ1) is 34.7. The summed E-state index contributed by atoms with van der Waals surface area (Å²) < 4.78 is 7.42. The number of nitrogens with zero attached hydrogens (tertiary/aromatic N) is 3. The molecule has 0 unspecified atom stereocenters. The van der Waals surface area contributed by atoms with Crippen molar-refractivity contribution in [3.05, 3.63) is 285 Å². The lowest BCUT2D eigenvalue weighted by Crippen LogP contribution is -2.14. The van der Waals surface area contributed by atoms with E-state index in [1.807, 2.05) is 0 Å². The lowest BCUT2D eigenvalue weighted by molar-refractivity contribution is 0.486. The van der Waals surface area contributed by atoms with Gasteiger partial charge in [-0.3, -0.25) is 0 Å². The monoisotopic (exact) mass is 897 g/mol. The van der Waals surface area contributed by atoms with Gasteiger partial charge in [0.2, 0.25) is 0 Å². The van der Waals surface area contributed by atoms with Crippen LogP contribution in [0, 0.1) is 0 Å². The summed E-state index contributed by atoms with van der Waals surface area (Å²) in [5.41, 5.74) is 17.9. The number of benzene rings is 11. The van der Waals surface area contributed by atoms with Crippen molar-refractivity contribution in [1.82, 2.24) is 0 Å². The summed E-state index contributed by atoms with van der Waals surface area (Å²) in [6.45, 7) is 0. The molecule has 0 spiro atoms. The van der Waals surface area contributed by atoms with Crippen molar-refractivity contribution >= 4 is 51.2 Å². The highest BCUT2D eigenvalue weighted by molar-refractivity contribution is 5.99. The second-order valence-electron chi connectivity index (χ2n) is 17.3. The number of fused-ring (bicyclic) bond motifs is 6. The molecule has 11 aromatic carbocycles. The Morgan fingerprint density at radius 1 is 0.243 bits per heavy atom. The molecule has 1 aliphatic heterocycles. The summed E-state index contributed by atoms with van der Waals surface area (Å²) in [4.78, 5) is 7.06. The summed E-state index contributed by atoms with van der Waals surface area (Å²) >= 11 is 0. The molecule has 0 atom stereocenters. The SMILES string of the molecule is c1ccc(-c2ccc(N3c4ccccc4-c4cc(N(c5ccccc5)c5ccccc5)ccc4Oc4ccc(N(c5ccccc5)c5ccccc5)cc4-c4cc(-c5ccccc5)ccc43)cc2)cc1. The van der Waals surface area contributed by atoms with Crippen LogP contribution in [0.25, 0.3) is 44.5 Å². The summed E-state index contributed by atoms with van der Waals surface area (Å²) in [7, 11) is 0. The molecule has 4 nitrogen and oxygen atoms in total. The minimum absolute atomic E-state index is 0.743. The zero-order valence-corrected chi connectivity index (χ0v) is 38.4. The Bertz CT molecular complexity index is 3470. The molecule has 332 valence electrons. The molecule has 0 bridgehead atoms. The van der Waals surface area contributed by atoms with Crippen LogP contribution in [0.2, 0.25) is 0 Å². The van der Waals surface area contributed by atoms with Gasteiger partial charge >= 0.3 is 0 Å². The third-order valence-electron chi connectivity index (χ3n) is 13.0. The van der Waals surface area contributed by atoms with Crippen LogP contribution in [0.15, 0.2) is 285 Å². The Hall–Kier alpha value is -9.38. The second kappa shape index (κ2) is 18.7. The van der Waals surface area contributed by atoms with Gasteiger partial charge in [0.05, 0.1) is 11.4 Å². The van der Waals surface area contributed by atoms with Gasteiger partial charge in [0.15, 0.2) is 0 Å². The normalized spacial score (nSPS) is 11.5. The van der Waals surface area contributed by atoms with Gasteiger partial charge in [-0.2, -0.15) is 0 Å². The van der Waals surface area contributed by atoms with E-state index in [-0.39, 0.29) is 0 Å². The number of hydrogen-bond acceptors (Lipinski definition) is 4. The van der Waals surface area contributed by atoms with E-state index in [0.717, 1.165) is 102 Å². The zero-order chi connectivity index (χ0) is 46.6. The van der Waals surface area contributed by atoms with Crippen molar-refractivity contribution in [2.45, 2.75) is 0 Å². The van der Waals surface area contributed by atoms with E-state index in [2.05, 4.69) is 300 Å². The molecule has 0 saturated heterocycles. The molecule has 4 heteroatoms.